The van der Waals surface area contributed by atoms with Crippen molar-refractivity contribution >= 4 is 12.1 Å². The summed E-state index contributed by atoms with van der Waals surface area (Å²) >= 11 is 0. The number of unbranched alkanes of at least 4 members (excludes halogenated alkanes) is 3. The molecule has 144 valence electrons. The highest BCUT2D eigenvalue weighted by Crippen LogP contribution is 2.16. The van der Waals surface area contributed by atoms with Crippen LogP contribution in [0.25, 0.3) is 0 Å². The van der Waals surface area contributed by atoms with Gasteiger partial charge in [-0.1, -0.05) is 38.3 Å². The predicted molar refractivity (Wildman–Crippen MR) is 109 cm³/mol. The predicted octanol–water partition coefficient (Wildman–Crippen LogP) is 4.81. The van der Waals surface area contributed by atoms with E-state index in [4.69, 9.17) is 9.47 Å². The van der Waals surface area contributed by atoms with Gasteiger partial charge in [0.2, 0.25) is 0 Å². The third-order valence-corrected chi connectivity index (χ3v) is 3.97. The Morgan fingerprint density at radius 3 is 2.52 bits per heavy atom. The normalized spacial score (nSPS) is 10.7. The molecule has 2 aromatic carbocycles. The van der Waals surface area contributed by atoms with Gasteiger partial charge in [-0.15, -0.1) is 0 Å². The SMILES string of the molecule is CCCCCCOc1ccc(C(=O)NN=Cc2ccccc2OCC)cc1. The van der Waals surface area contributed by atoms with E-state index in [0.29, 0.717) is 18.8 Å². The Morgan fingerprint density at radius 1 is 1.00 bits per heavy atom. The Bertz CT molecular complexity index is 727. The Balaban J connectivity index is 1.84. The summed E-state index contributed by atoms with van der Waals surface area (Å²) in [5.41, 5.74) is 3.88. The second-order valence-corrected chi connectivity index (χ2v) is 6.10. The summed E-state index contributed by atoms with van der Waals surface area (Å²) in [6.07, 6.45) is 6.26. The molecule has 0 atom stereocenters. The molecule has 0 aliphatic rings. The van der Waals surface area contributed by atoms with Gasteiger partial charge in [-0.05, 0) is 49.7 Å². The van der Waals surface area contributed by atoms with Crippen molar-refractivity contribution in [2.45, 2.75) is 39.5 Å². The largest absolute Gasteiger partial charge is 0.494 e. The number of nitrogens with zero attached hydrogens (tertiary/aromatic N) is 1. The van der Waals surface area contributed by atoms with Crippen molar-refractivity contribution in [2.75, 3.05) is 13.2 Å². The lowest BCUT2D eigenvalue weighted by Gasteiger charge is -2.07. The molecule has 0 saturated heterocycles. The molecule has 0 spiro atoms. The molecule has 0 aliphatic heterocycles. The molecule has 27 heavy (non-hydrogen) atoms. The number of hydrogen-bond donors (Lipinski definition) is 1. The third kappa shape index (κ3) is 7.13. The van der Waals surface area contributed by atoms with E-state index in [0.717, 1.165) is 23.5 Å². The van der Waals surface area contributed by atoms with Gasteiger partial charge in [0.1, 0.15) is 11.5 Å². The average molecular weight is 368 g/mol. The van der Waals surface area contributed by atoms with Gasteiger partial charge >= 0.3 is 0 Å². The highest BCUT2D eigenvalue weighted by atomic mass is 16.5. The van der Waals surface area contributed by atoms with E-state index in [1.54, 1.807) is 18.3 Å². The van der Waals surface area contributed by atoms with Crippen LogP contribution in [-0.4, -0.2) is 25.3 Å². The van der Waals surface area contributed by atoms with Crippen LogP contribution < -0.4 is 14.9 Å². The number of nitrogens with one attached hydrogen (secondary N) is 1. The van der Waals surface area contributed by atoms with Gasteiger partial charge in [-0.25, -0.2) is 5.43 Å². The number of rotatable bonds is 11. The highest BCUT2D eigenvalue weighted by molar-refractivity contribution is 5.95. The van der Waals surface area contributed by atoms with E-state index in [9.17, 15) is 4.79 Å². The lowest BCUT2D eigenvalue weighted by atomic mass is 10.2. The van der Waals surface area contributed by atoms with Crippen molar-refractivity contribution < 1.29 is 14.3 Å². The Morgan fingerprint density at radius 2 is 1.78 bits per heavy atom. The molecule has 1 N–H and O–H groups in total. The minimum absolute atomic E-state index is 0.269. The minimum Gasteiger partial charge on any atom is -0.494 e. The first-order valence-electron chi connectivity index (χ1n) is 9.52. The molecule has 5 heteroatoms. The van der Waals surface area contributed by atoms with E-state index in [1.807, 2.05) is 43.3 Å². The lowest BCUT2D eigenvalue weighted by molar-refractivity contribution is 0.0955. The smallest absolute Gasteiger partial charge is 0.271 e. The highest BCUT2D eigenvalue weighted by Gasteiger charge is 2.05. The maximum absolute atomic E-state index is 12.2. The van der Waals surface area contributed by atoms with E-state index in [-0.39, 0.29) is 5.91 Å². The molecular weight excluding hydrogens is 340 g/mol. The van der Waals surface area contributed by atoms with Crippen LogP contribution in [0.4, 0.5) is 0 Å². The lowest BCUT2D eigenvalue weighted by Crippen LogP contribution is -2.17. The van der Waals surface area contributed by atoms with Crippen molar-refractivity contribution in [3.8, 4) is 11.5 Å². The van der Waals surface area contributed by atoms with Gasteiger partial charge in [0.15, 0.2) is 0 Å². The van der Waals surface area contributed by atoms with Crippen molar-refractivity contribution in [3.63, 3.8) is 0 Å². The Hall–Kier alpha value is -2.82. The molecule has 0 radical (unpaired) electrons. The first-order chi connectivity index (χ1) is 13.2. The maximum Gasteiger partial charge on any atom is 0.271 e. The number of carbonyl (C=O) groups is 1. The number of carbonyl (C=O) groups excluding carboxylic acids is 1. The number of amides is 1. The molecule has 0 heterocycles. The molecule has 0 saturated carbocycles. The molecular formula is C22H28N2O3. The third-order valence-electron chi connectivity index (χ3n) is 3.97. The van der Waals surface area contributed by atoms with Gasteiger partial charge in [0.25, 0.3) is 5.91 Å². The van der Waals surface area contributed by atoms with E-state index in [2.05, 4.69) is 17.5 Å². The van der Waals surface area contributed by atoms with Gasteiger partial charge in [-0.2, -0.15) is 5.10 Å². The van der Waals surface area contributed by atoms with E-state index < -0.39 is 0 Å². The zero-order valence-corrected chi connectivity index (χ0v) is 16.1. The molecule has 1 amide bonds. The topological polar surface area (TPSA) is 59.9 Å². The van der Waals surface area contributed by atoms with Crippen molar-refractivity contribution in [1.82, 2.24) is 5.43 Å². The van der Waals surface area contributed by atoms with Gasteiger partial charge in [0, 0.05) is 11.1 Å². The zero-order valence-electron chi connectivity index (χ0n) is 16.1. The first kappa shape index (κ1) is 20.5. The van der Waals surface area contributed by atoms with Crippen LogP contribution in [0, 0.1) is 0 Å². The number of para-hydroxylation sites is 1. The van der Waals surface area contributed by atoms with Crippen LogP contribution in [0.15, 0.2) is 53.6 Å². The first-order valence-corrected chi connectivity index (χ1v) is 9.52. The summed E-state index contributed by atoms with van der Waals surface area (Å²) in [6, 6.07) is 14.6. The molecule has 2 aromatic rings. The number of benzene rings is 2. The van der Waals surface area contributed by atoms with Crippen LogP contribution in [-0.2, 0) is 0 Å². The summed E-state index contributed by atoms with van der Waals surface area (Å²) in [4.78, 5) is 12.2. The van der Waals surface area contributed by atoms with Crippen LogP contribution in [0.2, 0.25) is 0 Å². The molecule has 0 aliphatic carbocycles. The summed E-state index contributed by atoms with van der Waals surface area (Å²) < 4.78 is 11.2. The second-order valence-electron chi connectivity index (χ2n) is 6.10. The standard InChI is InChI=1S/C22H28N2O3/c1-3-5-6-9-16-27-20-14-12-18(13-15-20)22(25)24-23-17-19-10-7-8-11-21(19)26-4-2/h7-8,10-15,17H,3-6,9,16H2,1-2H3,(H,24,25). The van der Waals surface area contributed by atoms with Gasteiger partial charge < -0.3 is 9.47 Å². The van der Waals surface area contributed by atoms with Crippen molar-refractivity contribution in [1.29, 1.82) is 0 Å². The molecule has 2 rings (SSSR count). The van der Waals surface area contributed by atoms with Crippen molar-refractivity contribution in [2.24, 2.45) is 5.10 Å². The summed E-state index contributed by atoms with van der Waals surface area (Å²) in [5.74, 6) is 1.24. The molecule has 0 bridgehead atoms. The zero-order chi connectivity index (χ0) is 19.3. The molecule has 0 aromatic heterocycles. The van der Waals surface area contributed by atoms with Crippen LogP contribution in [0.3, 0.4) is 0 Å². The fourth-order valence-electron chi connectivity index (χ4n) is 2.52. The van der Waals surface area contributed by atoms with Gasteiger partial charge in [-0.3, -0.25) is 4.79 Å². The summed E-state index contributed by atoms with van der Waals surface area (Å²) in [5, 5.41) is 4.03. The molecule has 5 nitrogen and oxygen atoms in total. The quantitative estimate of drug-likeness (QED) is 0.352. The Labute approximate surface area is 161 Å². The Kier molecular flexibility index (Phi) is 8.90. The average Bonchev–Trinajstić information content (AvgIpc) is 2.70. The summed E-state index contributed by atoms with van der Waals surface area (Å²) in [7, 11) is 0. The van der Waals surface area contributed by atoms with Crippen molar-refractivity contribution in [3.05, 3.63) is 59.7 Å². The van der Waals surface area contributed by atoms with Gasteiger partial charge in [0.05, 0.1) is 19.4 Å². The number of ether oxygens (including phenoxy) is 2. The fourth-order valence-corrected chi connectivity index (χ4v) is 2.52. The monoisotopic (exact) mass is 368 g/mol. The van der Waals surface area contributed by atoms with Crippen LogP contribution >= 0.6 is 0 Å². The summed E-state index contributed by atoms with van der Waals surface area (Å²) in [6.45, 7) is 5.39. The number of hydrogen-bond acceptors (Lipinski definition) is 4. The number of hydrazone groups is 1. The van der Waals surface area contributed by atoms with Crippen LogP contribution in [0.1, 0.15) is 55.5 Å². The van der Waals surface area contributed by atoms with E-state index in [1.165, 1.54) is 19.3 Å². The minimum atomic E-state index is -0.269. The van der Waals surface area contributed by atoms with Crippen LogP contribution in [0.5, 0.6) is 11.5 Å². The molecule has 0 fully saturated rings. The molecule has 0 unspecified atom stereocenters. The second kappa shape index (κ2) is 11.7. The maximum atomic E-state index is 12.2. The van der Waals surface area contributed by atoms with E-state index >= 15 is 0 Å². The fraction of sp³-hybridized carbons (Fsp3) is 0.364.